The van der Waals surface area contributed by atoms with Crippen LogP contribution in [0.5, 0.6) is 0 Å². The number of aromatic nitrogens is 4. The highest BCUT2D eigenvalue weighted by atomic mass is 32.2. The molecule has 1 aliphatic heterocycles. The number of rotatable bonds is 5. The molecule has 12 heteroatoms. The predicted octanol–water partition coefficient (Wildman–Crippen LogP) is -0.373. The zero-order valence-electron chi connectivity index (χ0n) is 14.5. The van der Waals surface area contributed by atoms with Crippen LogP contribution in [0.3, 0.4) is 0 Å². The smallest absolute Gasteiger partial charge is 0.212 e. The second-order valence-electron chi connectivity index (χ2n) is 5.91. The number of aryl methyl sites for hydroxylation is 1. The molecule has 1 aromatic carbocycles. The molecule has 10 nitrogen and oxygen atoms in total. The van der Waals surface area contributed by atoms with Crippen LogP contribution in [0.2, 0.25) is 0 Å². The van der Waals surface area contributed by atoms with Gasteiger partial charge in [0.15, 0.2) is 0 Å². The standard InChI is InChI=1S/C14H20N6O4S2/c1-3-25(21,22)18-6-8-19(9-7-18)26(23,24)13-4-5-14(12(2)10-13)20-11-15-16-17-20/h4-5,10-11H,3,6-9H2,1-2H3. The van der Waals surface area contributed by atoms with Crippen LogP contribution < -0.4 is 0 Å². The van der Waals surface area contributed by atoms with Gasteiger partial charge in [0.05, 0.1) is 16.3 Å². The molecule has 3 rings (SSSR count). The highest BCUT2D eigenvalue weighted by Gasteiger charge is 2.32. The Kier molecular flexibility index (Phi) is 5.10. The molecule has 142 valence electrons. The lowest BCUT2D eigenvalue weighted by Crippen LogP contribution is -2.50. The van der Waals surface area contributed by atoms with Gasteiger partial charge >= 0.3 is 0 Å². The van der Waals surface area contributed by atoms with Crippen LogP contribution in [0, 0.1) is 6.92 Å². The Hall–Kier alpha value is -1.89. The van der Waals surface area contributed by atoms with Crippen molar-refractivity contribution in [2.24, 2.45) is 0 Å². The highest BCUT2D eigenvalue weighted by molar-refractivity contribution is 7.89. The van der Waals surface area contributed by atoms with E-state index in [0.29, 0.717) is 11.3 Å². The van der Waals surface area contributed by atoms with Crippen molar-refractivity contribution in [1.29, 1.82) is 0 Å². The molecular weight excluding hydrogens is 380 g/mol. The summed E-state index contributed by atoms with van der Waals surface area (Å²) in [5.41, 5.74) is 1.40. The van der Waals surface area contributed by atoms with E-state index in [2.05, 4.69) is 15.5 Å². The molecule has 2 aromatic rings. The average molecular weight is 400 g/mol. The molecule has 0 aliphatic carbocycles. The van der Waals surface area contributed by atoms with Gasteiger partial charge in [-0.2, -0.15) is 8.61 Å². The Morgan fingerprint density at radius 2 is 1.69 bits per heavy atom. The number of benzene rings is 1. The molecule has 26 heavy (non-hydrogen) atoms. The van der Waals surface area contributed by atoms with Crippen LogP contribution in [-0.4, -0.2) is 77.6 Å². The highest BCUT2D eigenvalue weighted by Crippen LogP contribution is 2.22. The zero-order chi connectivity index (χ0) is 18.9. The first-order valence-corrected chi connectivity index (χ1v) is 11.1. The maximum atomic E-state index is 12.9. The van der Waals surface area contributed by atoms with E-state index in [1.54, 1.807) is 26.0 Å². The third kappa shape index (κ3) is 3.49. The molecule has 1 saturated heterocycles. The van der Waals surface area contributed by atoms with Gasteiger partial charge < -0.3 is 0 Å². The fraction of sp³-hybridized carbons (Fsp3) is 0.500. The van der Waals surface area contributed by atoms with E-state index < -0.39 is 20.0 Å². The lowest BCUT2D eigenvalue weighted by Gasteiger charge is -2.33. The minimum absolute atomic E-state index is 0.0115. The monoisotopic (exact) mass is 400 g/mol. The summed E-state index contributed by atoms with van der Waals surface area (Å²) in [6.07, 6.45) is 1.43. The lowest BCUT2D eigenvalue weighted by atomic mass is 10.2. The molecule has 1 fully saturated rings. The van der Waals surface area contributed by atoms with Crippen molar-refractivity contribution in [3.05, 3.63) is 30.1 Å². The van der Waals surface area contributed by atoms with Crippen molar-refractivity contribution in [3.8, 4) is 5.69 Å². The molecule has 0 spiro atoms. The molecule has 0 N–H and O–H groups in total. The third-order valence-electron chi connectivity index (χ3n) is 4.36. The first kappa shape index (κ1) is 18.9. The maximum Gasteiger partial charge on any atom is 0.243 e. The Balaban J connectivity index is 1.80. The van der Waals surface area contributed by atoms with Gasteiger partial charge in [-0.25, -0.2) is 21.5 Å². The summed E-state index contributed by atoms with van der Waals surface area (Å²) in [5, 5.41) is 10.9. The average Bonchev–Trinajstić information content (AvgIpc) is 3.16. The van der Waals surface area contributed by atoms with Gasteiger partial charge in [-0.15, -0.1) is 5.10 Å². The number of sulfonamides is 2. The molecule has 0 atom stereocenters. The van der Waals surface area contributed by atoms with E-state index >= 15 is 0 Å². The van der Waals surface area contributed by atoms with Crippen LogP contribution >= 0.6 is 0 Å². The van der Waals surface area contributed by atoms with Crippen molar-refractivity contribution in [2.45, 2.75) is 18.7 Å². The van der Waals surface area contributed by atoms with Crippen LogP contribution in [0.4, 0.5) is 0 Å². The van der Waals surface area contributed by atoms with Crippen molar-refractivity contribution in [3.63, 3.8) is 0 Å². The van der Waals surface area contributed by atoms with Crippen LogP contribution in [0.25, 0.3) is 5.69 Å². The SMILES string of the molecule is CCS(=O)(=O)N1CCN(S(=O)(=O)c2ccc(-n3cnnn3)c(C)c2)CC1. The van der Waals surface area contributed by atoms with Gasteiger partial charge in [-0.1, -0.05) is 0 Å². The number of hydrogen-bond acceptors (Lipinski definition) is 7. The minimum atomic E-state index is -3.69. The predicted molar refractivity (Wildman–Crippen MR) is 93.7 cm³/mol. The van der Waals surface area contributed by atoms with Gasteiger partial charge in [-0.05, 0) is 48.0 Å². The summed E-state index contributed by atoms with van der Waals surface area (Å²) in [6.45, 7) is 3.95. The Morgan fingerprint density at radius 3 is 2.23 bits per heavy atom. The number of piperazine rings is 1. The van der Waals surface area contributed by atoms with E-state index in [1.165, 1.54) is 25.7 Å². The van der Waals surface area contributed by atoms with Gasteiger partial charge in [-0.3, -0.25) is 0 Å². The number of tetrazole rings is 1. The molecule has 0 bridgehead atoms. The van der Waals surface area contributed by atoms with Crippen molar-refractivity contribution >= 4 is 20.0 Å². The molecule has 0 saturated carbocycles. The summed E-state index contributed by atoms with van der Waals surface area (Å²) in [6, 6.07) is 4.73. The molecule has 0 unspecified atom stereocenters. The number of hydrogen-bond donors (Lipinski definition) is 0. The zero-order valence-corrected chi connectivity index (χ0v) is 16.1. The summed E-state index contributed by atoms with van der Waals surface area (Å²) >= 11 is 0. The first-order valence-electron chi connectivity index (χ1n) is 8.07. The second kappa shape index (κ2) is 7.02. The van der Waals surface area contributed by atoms with Crippen LogP contribution in [0.15, 0.2) is 29.4 Å². The molecule has 0 radical (unpaired) electrons. The molecule has 1 aromatic heterocycles. The molecular formula is C14H20N6O4S2. The first-order chi connectivity index (χ1) is 12.3. The fourth-order valence-corrected chi connectivity index (χ4v) is 5.43. The Labute approximate surface area is 152 Å². The Morgan fingerprint density at radius 1 is 1.04 bits per heavy atom. The van der Waals surface area contributed by atoms with Crippen molar-refractivity contribution < 1.29 is 16.8 Å². The van der Waals surface area contributed by atoms with Gasteiger partial charge in [0, 0.05) is 26.2 Å². The van der Waals surface area contributed by atoms with E-state index in [1.807, 2.05) is 0 Å². The summed E-state index contributed by atoms with van der Waals surface area (Å²) in [5.74, 6) is 0.0115. The lowest BCUT2D eigenvalue weighted by molar-refractivity contribution is 0.273. The number of nitrogens with zero attached hydrogens (tertiary/aromatic N) is 6. The quantitative estimate of drug-likeness (QED) is 0.671. The van der Waals surface area contributed by atoms with E-state index in [0.717, 1.165) is 0 Å². The second-order valence-corrected chi connectivity index (χ2v) is 10.1. The van der Waals surface area contributed by atoms with Gasteiger partial charge in [0.1, 0.15) is 6.33 Å². The van der Waals surface area contributed by atoms with Crippen LogP contribution in [-0.2, 0) is 20.0 Å². The van der Waals surface area contributed by atoms with Crippen LogP contribution in [0.1, 0.15) is 12.5 Å². The van der Waals surface area contributed by atoms with Gasteiger partial charge in [0.2, 0.25) is 20.0 Å². The van der Waals surface area contributed by atoms with E-state index in [-0.39, 0.29) is 36.8 Å². The third-order valence-corrected chi connectivity index (χ3v) is 8.13. The summed E-state index contributed by atoms with van der Waals surface area (Å²) in [7, 11) is -7.00. The van der Waals surface area contributed by atoms with E-state index in [9.17, 15) is 16.8 Å². The molecule has 1 aliphatic rings. The molecule has 0 amide bonds. The fourth-order valence-electron chi connectivity index (χ4n) is 2.84. The summed E-state index contributed by atoms with van der Waals surface area (Å²) in [4.78, 5) is 0.165. The summed E-state index contributed by atoms with van der Waals surface area (Å²) < 4.78 is 53.7. The van der Waals surface area contributed by atoms with Crippen molar-refractivity contribution in [2.75, 3.05) is 31.9 Å². The topological polar surface area (TPSA) is 118 Å². The van der Waals surface area contributed by atoms with Gasteiger partial charge in [0.25, 0.3) is 0 Å². The largest absolute Gasteiger partial charge is 0.243 e. The maximum absolute atomic E-state index is 12.9. The van der Waals surface area contributed by atoms with E-state index in [4.69, 9.17) is 0 Å². The normalized spacial score (nSPS) is 17.5. The molecule has 2 heterocycles. The minimum Gasteiger partial charge on any atom is -0.212 e. The van der Waals surface area contributed by atoms with Crippen molar-refractivity contribution in [1.82, 2.24) is 28.8 Å². The Bertz CT molecular complexity index is 980.